The number of nitrogens with one attached hydrogen (secondary N) is 2. The maximum absolute atomic E-state index is 12.4. The van der Waals surface area contributed by atoms with Gasteiger partial charge in [0.05, 0.1) is 6.04 Å². The van der Waals surface area contributed by atoms with Gasteiger partial charge in [-0.1, -0.05) is 17.7 Å². The third kappa shape index (κ3) is 3.38. The number of carbonyl (C=O) groups excluding carboxylic acids is 1. The Morgan fingerprint density at radius 2 is 1.75 bits per heavy atom. The number of amides is 1. The second-order valence-electron chi connectivity index (χ2n) is 5.72. The summed E-state index contributed by atoms with van der Waals surface area (Å²) in [6.45, 7) is 11.9. The van der Waals surface area contributed by atoms with E-state index in [0.717, 1.165) is 43.0 Å². The van der Waals surface area contributed by atoms with Crippen molar-refractivity contribution in [3.63, 3.8) is 0 Å². The van der Waals surface area contributed by atoms with E-state index in [9.17, 15) is 4.79 Å². The van der Waals surface area contributed by atoms with Gasteiger partial charge in [0.15, 0.2) is 0 Å². The summed E-state index contributed by atoms with van der Waals surface area (Å²) < 4.78 is 0. The lowest BCUT2D eigenvalue weighted by atomic mass is 10.0. The van der Waals surface area contributed by atoms with Gasteiger partial charge in [0, 0.05) is 31.9 Å². The van der Waals surface area contributed by atoms with Crippen molar-refractivity contribution >= 4 is 11.6 Å². The molecule has 20 heavy (non-hydrogen) atoms. The fourth-order valence-corrected chi connectivity index (χ4v) is 2.84. The smallest absolute Gasteiger partial charge is 0.241 e. The first-order valence-corrected chi connectivity index (χ1v) is 7.32. The van der Waals surface area contributed by atoms with E-state index in [-0.39, 0.29) is 11.9 Å². The molecule has 110 valence electrons. The van der Waals surface area contributed by atoms with Crippen LogP contribution in [0.25, 0.3) is 0 Å². The van der Waals surface area contributed by atoms with Gasteiger partial charge in [0.25, 0.3) is 0 Å². The molecule has 4 nitrogen and oxygen atoms in total. The summed E-state index contributed by atoms with van der Waals surface area (Å²) in [4.78, 5) is 14.7. The van der Waals surface area contributed by atoms with Gasteiger partial charge in [-0.2, -0.15) is 0 Å². The first-order chi connectivity index (χ1) is 9.49. The third-order valence-electron chi connectivity index (χ3n) is 4.00. The normalized spacial score (nSPS) is 17.8. The van der Waals surface area contributed by atoms with Crippen LogP contribution in [0.5, 0.6) is 0 Å². The molecule has 2 N–H and O–H groups in total. The number of hydrogen-bond acceptors (Lipinski definition) is 3. The third-order valence-corrected chi connectivity index (χ3v) is 4.00. The summed E-state index contributed by atoms with van der Waals surface area (Å²) in [6.07, 6.45) is 0. The Morgan fingerprint density at radius 1 is 1.20 bits per heavy atom. The van der Waals surface area contributed by atoms with Gasteiger partial charge in [-0.15, -0.1) is 0 Å². The summed E-state index contributed by atoms with van der Waals surface area (Å²) in [5.41, 5.74) is 4.45. The molecule has 1 amide bonds. The fraction of sp³-hybridized carbons (Fsp3) is 0.562. The molecule has 1 aromatic rings. The molecule has 0 saturated carbocycles. The highest BCUT2D eigenvalue weighted by atomic mass is 16.2. The van der Waals surface area contributed by atoms with Crippen LogP contribution < -0.4 is 10.6 Å². The van der Waals surface area contributed by atoms with E-state index in [0.29, 0.717) is 0 Å². The molecule has 1 aliphatic heterocycles. The lowest BCUT2D eigenvalue weighted by Crippen LogP contribution is -2.51. The molecule has 1 fully saturated rings. The van der Waals surface area contributed by atoms with Crippen molar-refractivity contribution in [3.8, 4) is 0 Å². The molecule has 1 aliphatic rings. The molecule has 2 rings (SSSR count). The van der Waals surface area contributed by atoms with Gasteiger partial charge in [0.2, 0.25) is 5.91 Å². The molecule has 1 atom stereocenters. The van der Waals surface area contributed by atoms with Crippen molar-refractivity contribution in [2.45, 2.75) is 33.7 Å². The van der Waals surface area contributed by atoms with Crippen molar-refractivity contribution in [1.82, 2.24) is 10.2 Å². The number of hydrogen-bond donors (Lipinski definition) is 2. The SMILES string of the molecule is Cc1cc(C)c(NC(=O)C(C)N2CCNCC2)c(C)c1. The summed E-state index contributed by atoms with van der Waals surface area (Å²) in [5.74, 6) is 0.0851. The Labute approximate surface area is 121 Å². The van der Waals surface area contributed by atoms with Crippen molar-refractivity contribution < 1.29 is 4.79 Å². The standard InChI is InChI=1S/C16H25N3O/c1-11-9-12(2)15(13(3)10-11)18-16(20)14(4)19-7-5-17-6-8-19/h9-10,14,17H,5-8H2,1-4H3,(H,18,20). The van der Waals surface area contributed by atoms with E-state index in [4.69, 9.17) is 0 Å². The van der Waals surface area contributed by atoms with Crippen molar-refractivity contribution in [2.24, 2.45) is 0 Å². The predicted octanol–water partition coefficient (Wildman–Crippen LogP) is 1.84. The van der Waals surface area contributed by atoms with Gasteiger partial charge in [-0.3, -0.25) is 9.69 Å². The molecular formula is C16H25N3O. The van der Waals surface area contributed by atoms with E-state index in [2.05, 4.69) is 34.6 Å². The van der Waals surface area contributed by atoms with Crippen LogP contribution in [0.15, 0.2) is 12.1 Å². The average molecular weight is 275 g/mol. The predicted molar refractivity (Wildman–Crippen MR) is 83.2 cm³/mol. The molecule has 0 spiro atoms. The van der Waals surface area contributed by atoms with Crippen LogP contribution in [0.2, 0.25) is 0 Å². The minimum absolute atomic E-state index is 0.0851. The molecule has 0 bridgehead atoms. The number of anilines is 1. The maximum atomic E-state index is 12.4. The van der Waals surface area contributed by atoms with E-state index < -0.39 is 0 Å². The van der Waals surface area contributed by atoms with Crippen molar-refractivity contribution in [3.05, 3.63) is 28.8 Å². The Bertz CT molecular complexity index is 469. The van der Waals surface area contributed by atoms with E-state index in [1.165, 1.54) is 5.56 Å². The summed E-state index contributed by atoms with van der Waals surface area (Å²) in [5, 5.41) is 6.41. The molecule has 1 unspecified atom stereocenters. The second-order valence-corrected chi connectivity index (χ2v) is 5.72. The minimum atomic E-state index is -0.0859. The Hall–Kier alpha value is -1.39. The molecule has 1 heterocycles. The van der Waals surface area contributed by atoms with Crippen molar-refractivity contribution in [2.75, 3.05) is 31.5 Å². The van der Waals surface area contributed by atoms with Crippen LogP contribution in [0, 0.1) is 20.8 Å². The van der Waals surface area contributed by atoms with Crippen LogP contribution in [0.1, 0.15) is 23.6 Å². The number of piperazine rings is 1. The van der Waals surface area contributed by atoms with E-state index in [1.807, 2.05) is 20.8 Å². The Kier molecular flexibility index (Phi) is 4.78. The fourth-order valence-electron chi connectivity index (χ4n) is 2.84. The summed E-state index contributed by atoms with van der Waals surface area (Å²) in [7, 11) is 0. The van der Waals surface area contributed by atoms with Crippen LogP contribution in [-0.4, -0.2) is 43.0 Å². The van der Waals surface area contributed by atoms with Crippen LogP contribution >= 0.6 is 0 Å². The summed E-state index contributed by atoms with van der Waals surface area (Å²) in [6, 6.07) is 4.13. The van der Waals surface area contributed by atoms with Gasteiger partial charge < -0.3 is 10.6 Å². The topological polar surface area (TPSA) is 44.4 Å². The first kappa shape index (κ1) is 15.0. The van der Waals surface area contributed by atoms with Gasteiger partial charge in [0.1, 0.15) is 0 Å². The highest BCUT2D eigenvalue weighted by Crippen LogP contribution is 2.22. The van der Waals surface area contributed by atoms with Crippen LogP contribution in [0.4, 0.5) is 5.69 Å². The van der Waals surface area contributed by atoms with Gasteiger partial charge in [-0.05, 0) is 38.8 Å². The monoisotopic (exact) mass is 275 g/mol. The Balaban J connectivity index is 2.07. The lowest BCUT2D eigenvalue weighted by Gasteiger charge is -2.32. The minimum Gasteiger partial charge on any atom is -0.324 e. The number of carbonyl (C=O) groups is 1. The molecular weight excluding hydrogens is 250 g/mol. The average Bonchev–Trinajstić information content (AvgIpc) is 2.42. The zero-order valence-electron chi connectivity index (χ0n) is 12.9. The number of aryl methyl sites for hydroxylation is 3. The summed E-state index contributed by atoms with van der Waals surface area (Å²) >= 11 is 0. The Morgan fingerprint density at radius 3 is 2.30 bits per heavy atom. The second kappa shape index (κ2) is 6.37. The molecule has 4 heteroatoms. The van der Waals surface area contributed by atoms with E-state index >= 15 is 0 Å². The maximum Gasteiger partial charge on any atom is 0.241 e. The zero-order chi connectivity index (χ0) is 14.7. The van der Waals surface area contributed by atoms with Crippen molar-refractivity contribution in [1.29, 1.82) is 0 Å². The largest absolute Gasteiger partial charge is 0.324 e. The first-order valence-electron chi connectivity index (χ1n) is 7.32. The highest BCUT2D eigenvalue weighted by Gasteiger charge is 2.23. The molecule has 0 aromatic heterocycles. The molecule has 1 saturated heterocycles. The zero-order valence-corrected chi connectivity index (χ0v) is 12.9. The molecule has 1 aromatic carbocycles. The number of rotatable bonds is 3. The molecule has 0 aliphatic carbocycles. The van der Waals surface area contributed by atoms with Gasteiger partial charge in [-0.25, -0.2) is 0 Å². The number of benzene rings is 1. The van der Waals surface area contributed by atoms with Gasteiger partial charge >= 0.3 is 0 Å². The van der Waals surface area contributed by atoms with Crippen LogP contribution in [-0.2, 0) is 4.79 Å². The lowest BCUT2D eigenvalue weighted by molar-refractivity contribution is -0.121. The molecule has 0 radical (unpaired) electrons. The number of nitrogens with zero attached hydrogens (tertiary/aromatic N) is 1. The van der Waals surface area contributed by atoms with E-state index in [1.54, 1.807) is 0 Å². The van der Waals surface area contributed by atoms with Crippen LogP contribution in [0.3, 0.4) is 0 Å². The quantitative estimate of drug-likeness (QED) is 0.885. The highest BCUT2D eigenvalue weighted by molar-refractivity contribution is 5.96.